The van der Waals surface area contributed by atoms with Crippen LogP contribution in [0.25, 0.3) is 0 Å². The van der Waals surface area contributed by atoms with Gasteiger partial charge in [-0.3, -0.25) is 9.59 Å². The van der Waals surface area contributed by atoms with Crippen LogP contribution in [0.5, 0.6) is 0 Å². The molecule has 1 aromatic rings. The zero-order chi connectivity index (χ0) is 13.0. The van der Waals surface area contributed by atoms with Gasteiger partial charge in [-0.05, 0) is 19.1 Å². The standard InChI is InChI=1S/C13H16N2O2S/c1-2-14-12(16)11-8-18-9-15(11)13(17)10-6-4-3-5-7-10/h3-7,11H,2,8-9H2,1H3,(H,14,16). The largest absolute Gasteiger partial charge is 0.355 e. The lowest BCUT2D eigenvalue weighted by Crippen LogP contribution is -2.47. The van der Waals surface area contributed by atoms with Crippen molar-refractivity contribution < 1.29 is 9.59 Å². The number of nitrogens with zero attached hydrogens (tertiary/aromatic N) is 1. The number of carbonyl (C=O) groups excluding carboxylic acids is 2. The van der Waals surface area contributed by atoms with E-state index in [9.17, 15) is 9.59 Å². The van der Waals surface area contributed by atoms with Crippen LogP contribution in [0.2, 0.25) is 0 Å². The van der Waals surface area contributed by atoms with E-state index in [1.54, 1.807) is 28.8 Å². The van der Waals surface area contributed by atoms with Gasteiger partial charge in [-0.2, -0.15) is 0 Å². The third-order valence-corrected chi connectivity index (χ3v) is 3.83. The monoisotopic (exact) mass is 264 g/mol. The van der Waals surface area contributed by atoms with Crippen LogP contribution in [0, 0.1) is 0 Å². The summed E-state index contributed by atoms with van der Waals surface area (Å²) in [6, 6.07) is 8.74. The van der Waals surface area contributed by atoms with Crippen LogP contribution in [0.15, 0.2) is 30.3 Å². The van der Waals surface area contributed by atoms with E-state index in [4.69, 9.17) is 0 Å². The lowest BCUT2D eigenvalue weighted by atomic mass is 10.1. The molecule has 4 nitrogen and oxygen atoms in total. The Morgan fingerprint density at radius 3 is 2.78 bits per heavy atom. The van der Waals surface area contributed by atoms with Gasteiger partial charge in [0.15, 0.2) is 0 Å². The first-order valence-corrected chi connectivity index (χ1v) is 7.11. The summed E-state index contributed by atoms with van der Waals surface area (Å²) in [7, 11) is 0. The third-order valence-electron chi connectivity index (χ3n) is 2.82. The summed E-state index contributed by atoms with van der Waals surface area (Å²) in [5, 5.41) is 2.78. The zero-order valence-electron chi connectivity index (χ0n) is 10.3. The number of likely N-dealkylation sites (N-methyl/N-ethyl adjacent to an activating group) is 1. The van der Waals surface area contributed by atoms with Crippen LogP contribution >= 0.6 is 11.8 Å². The Morgan fingerprint density at radius 2 is 2.11 bits per heavy atom. The molecule has 1 aliphatic heterocycles. The van der Waals surface area contributed by atoms with Crippen LogP contribution in [0.4, 0.5) is 0 Å². The van der Waals surface area contributed by atoms with Gasteiger partial charge in [-0.15, -0.1) is 11.8 Å². The molecular formula is C13H16N2O2S. The first-order chi connectivity index (χ1) is 8.74. The first kappa shape index (κ1) is 13.0. The molecule has 0 saturated carbocycles. The van der Waals surface area contributed by atoms with E-state index in [1.165, 1.54) is 0 Å². The summed E-state index contributed by atoms with van der Waals surface area (Å²) < 4.78 is 0. The second-order valence-corrected chi connectivity index (χ2v) is 5.05. The number of amides is 2. The normalized spacial score (nSPS) is 18.7. The number of thioether (sulfide) groups is 1. The summed E-state index contributed by atoms with van der Waals surface area (Å²) in [5.41, 5.74) is 0.634. The van der Waals surface area contributed by atoms with E-state index >= 15 is 0 Å². The summed E-state index contributed by atoms with van der Waals surface area (Å²) in [6.07, 6.45) is 0. The van der Waals surface area contributed by atoms with Gasteiger partial charge in [0.05, 0.1) is 5.88 Å². The maximum atomic E-state index is 12.3. The smallest absolute Gasteiger partial charge is 0.255 e. The summed E-state index contributed by atoms with van der Waals surface area (Å²) in [4.78, 5) is 25.8. The molecule has 2 rings (SSSR count). The number of hydrogen-bond acceptors (Lipinski definition) is 3. The Bertz CT molecular complexity index is 436. The summed E-state index contributed by atoms with van der Waals surface area (Å²) in [5.74, 6) is 1.11. The molecule has 18 heavy (non-hydrogen) atoms. The van der Waals surface area contributed by atoms with Gasteiger partial charge in [0.2, 0.25) is 5.91 Å². The highest BCUT2D eigenvalue weighted by Gasteiger charge is 2.34. The van der Waals surface area contributed by atoms with Gasteiger partial charge in [0.25, 0.3) is 5.91 Å². The molecule has 1 saturated heterocycles. The number of hydrogen-bond donors (Lipinski definition) is 1. The second kappa shape index (κ2) is 5.91. The Hall–Kier alpha value is -1.49. The van der Waals surface area contributed by atoms with Gasteiger partial charge in [-0.1, -0.05) is 18.2 Å². The highest BCUT2D eigenvalue weighted by atomic mass is 32.2. The van der Waals surface area contributed by atoms with Crippen molar-refractivity contribution in [2.24, 2.45) is 0 Å². The minimum Gasteiger partial charge on any atom is -0.355 e. The second-order valence-electron chi connectivity index (χ2n) is 4.05. The van der Waals surface area contributed by atoms with Crippen molar-refractivity contribution in [1.29, 1.82) is 0 Å². The lowest BCUT2D eigenvalue weighted by molar-refractivity contribution is -0.124. The highest BCUT2D eigenvalue weighted by Crippen LogP contribution is 2.23. The van der Waals surface area contributed by atoms with Crippen molar-refractivity contribution in [1.82, 2.24) is 10.2 Å². The van der Waals surface area contributed by atoms with Crippen LogP contribution in [-0.4, -0.2) is 40.9 Å². The minimum atomic E-state index is -0.345. The molecule has 1 fully saturated rings. The Labute approximate surface area is 111 Å². The molecular weight excluding hydrogens is 248 g/mol. The predicted octanol–water partition coefficient (Wildman–Crippen LogP) is 1.34. The van der Waals surface area contributed by atoms with Crippen molar-refractivity contribution in [3.63, 3.8) is 0 Å². The molecule has 2 amide bonds. The highest BCUT2D eigenvalue weighted by molar-refractivity contribution is 7.99. The fourth-order valence-electron chi connectivity index (χ4n) is 1.90. The summed E-state index contributed by atoms with van der Waals surface area (Å²) in [6.45, 7) is 2.47. The quantitative estimate of drug-likeness (QED) is 0.896. The van der Waals surface area contributed by atoms with E-state index in [0.29, 0.717) is 23.7 Å². The molecule has 0 aliphatic carbocycles. The average molecular weight is 264 g/mol. The molecule has 96 valence electrons. The zero-order valence-corrected chi connectivity index (χ0v) is 11.1. The van der Waals surface area contributed by atoms with Crippen LogP contribution in [-0.2, 0) is 4.79 Å². The molecule has 1 unspecified atom stereocenters. The van der Waals surface area contributed by atoms with E-state index in [2.05, 4.69) is 5.32 Å². The van der Waals surface area contributed by atoms with Crippen molar-refractivity contribution >= 4 is 23.6 Å². The lowest BCUT2D eigenvalue weighted by Gasteiger charge is -2.22. The Kier molecular flexibility index (Phi) is 4.25. The van der Waals surface area contributed by atoms with E-state index < -0.39 is 0 Å². The molecule has 0 radical (unpaired) electrons. The van der Waals surface area contributed by atoms with Crippen molar-refractivity contribution in [3.05, 3.63) is 35.9 Å². The van der Waals surface area contributed by atoms with E-state index in [1.807, 2.05) is 25.1 Å². The average Bonchev–Trinajstić information content (AvgIpc) is 2.88. The molecule has 1 aliphatic rings. The molecule has 1 aromatic carbocycles. The molecule has 1 N–H and O–H groups in total. The first-order valence-electron chi connectivity index (χ1n) is 5.95. The molecule has 0 aromatic heterocycles. The third kappa shape index (κ3) is 2.67. The topological polar surface area (TPSA) is 49.4 Å². The SMILES string of the molecule is CCNC(=O)C1CSCN1C(=O)c1ccccc1. The molecule has 5 heteroatoms. The number of nitrogens with one attached hydrogen (secondary N) is 1. The number of benzene rings is 1. The maximum absolute atomic E-state index is 12.3. The van der Waals surface area contributed by atoms with Crippen molar-refractivity contribution in [3.8, 4) is 0 Å². The fourth-order valence-corrected chi connectivity index (χ4v) is 3.05. The molecule has 1 atom stereocenters. The van der Waals surface area contributed by atoms with Gasteiger partial charge >= 0.3 is 0 Å². The Balaban J connectivity index is 2.12. The fraction of sp³-hybridized carbons (Fsp3) is 0.385. The Morgan fingerprint density at radius 1 is 1.39 bits per heavy atom. The van der Waals surface area contributed by atoms with Crippen LogP contribution in [0.1, 0.15) is 17.3 Å². The maximum Gasteiger partial charge on any atom is 0.255 e. The van der Waals surface area contributed by atoms with E-state index in [-0.39, 0.29) is 17.9 Å². The van der Waals surface area contributed by atoms with E-state index in [0.717, 1.165) is 0 Å². The van der Waals surface area contributed by atoms with Gasteiger partial charge < -0.3 is 10.2 Å². The van der Waals surface area contributed by atoms with Crippen LogP contribution in [0.3, 0.4) is 0 Å². The predicted molar refractivity (Wildman–Crippen MR) is 72.4 cm³/mol. The van der Waals surface area contributed by atoms with Crippen LogP contribution < -0.4 is 5.32 Å². The number of carbonyl (C=O) groups is 2. The van der Waals surface area contributed by atoms with Crippen molar-refractivity contribution in [2.45, 2.75) is 13.0 Å². The summed E-state index contributed by atoms with van der Waals surface area (Å²) >= 11 is 1.61. The van der Waals surface area contributed by atoms with Gasteiger partial charge in [-0.25, -0.2) is 0 Å². The minimum absolute atomic E-state index is 0.0632. The number of rotatable bonds is 3. The molecule has 1 heterocycles. The van der Waals surface area contributed by atoms with Gasteiger partial charge in [0, 0.05) is 17.9 Å². The molecule has 0 spiro atoms. The molecule has 0 bridgehead atoms. The van der Waals surface area contributed by atoms with Crippen molar-refractivity contribution in [2.75, 3.05) is 18.2 Å². The van der Waals surface area contributed by atoms with Gasteiger partial charge in [0.1, 0.15) is 6.04 Å².